The van der Waals surface area contributed by atoms with Crippen LogP contribution in [0, 0.1) is 12.8 Å². The molecule has 0 aromatic carbocycles. The molecule has 0 N–H and O–H groups in total. The van der Waals surface area contributed by atoms with Crippen molar-refractivity contribution in [2.75, 3.05) is 26.2 Å². The van der Waals surface area contributed by atoms with E-state index in [1.54, 1.807) is 11.3 Å². The first-order valence-corrected chi connectivity index (χ1v) is 9.84. The van der Waals surface area contributed by atoms with Crippen molar-refractivity contribution in [1.82, 2.24) is 14.3 Å². The maximum absolute atomic E-state index is 6.19. The van der Waals surface area contributed by atoms with Gasteiger partial charge in [0.05, 0.1) is 12.1 Å². The second kappa shape index (κ2) is 6.73. The van der Waals surface area contributed by atoms with Crippen molar-refractivity contribution in [2.45, 2.75) is 33.1 Å². The van der Waals surface area contributed by atoms with Crippen molar-refractivity contribution in [2.24, 2.45) is 5.92 Å². The van der Waals surface area contributed by atoms with E-state index in [0.29, 0.717) is 5.92 Å². The van der Waals surface area contributed by atoms with Crippen LogP contribution < -0.4 is 4.74 Å². The summed E-state index contributed by atoms with van der Waals surface area (Å²) in [5.74, 6) is 1.43. The molecule has 0 amide bonds. The third-order valence-electron chi connectivity index (χ3n) is 5.04. The smallest absolute Gasteiger partial charge is 0.239 e. The molecule has 4 heterocycles. The number of aromatic nitrogens is 2. The van der Waals surface area contributed by atoms with E-state index in [0.717, 1.165) is 22.8 Å². The van der Waals surface area contributed by atoms with E-state index >= 15 is 0 Å². The highest BCUT2D eigenvalue weighted by Gasteiger charge is 2.20. The van der Waals surface area contributed by atoms with Gasteiger partial charge in [-0.3, -0.25) is 0 Å². The van der Waals surface area contributed by atoms with Crippen LogP contribution in [0.2, 0.25) is 0 Å². The molecule has 0 aliphatic carbocycles. The van der Waals surface area contributed by atoms with Crippen molar-refractivity contribution in [3.8, 4) is 5.88 Å². The van der Waals surface area contributed by atoms with Gasteiger partial charge in [0.25, 0.3) is 0 Å². The summed E-state index contributed by atoms with van der Waals surface area (Å²) in [5, 5.41) is 2.17. The Hall–Kier alpha value is -1.59. The Morgan fingerprint density at radius 1 is 1.33 bits per heavy atom. The summed E-state index contributed by atoms with van der Waals surface area (Å²) in [4.78, 5) is 8.42. The number of rotatable bonds is 5. The minimum absolute atomic E-state index is 0.649. The molecule has 24 heavy (non-hydrogen) atoms. The molecule has 3 aromatic heterocycles. The first-order valence-electron chi connectivity index (χ1n) is 8.96. The molecule has 0 atom stereocenters. The summed E-state index contributed by atoms with van der Waals surface area (Å²) in [6.07, 6.45) is 5.82. The van der Waals surface area contributed by atoms with Gasteiger partial charge in [-0.05, 0) is 74.8 Å². The summed E-state index contributed by atoms with van der Waals surface area (Å²) >= 11 is 1.69. The fraction of sp³-hybridized carbons (Fsp3) is 0.526. The minimum Gasteiger partial charge on any atom is -0.476 e. The number of fused-ring (bicyclic) bond motifs is 3. The lowest BCUT2D eigenvalue weighted by atomic mass is 9.98. The summed E-state index contributed by atoms with van der Waals surface area (Å²) < 4.78 is 8.40. The third-order valence-corrected chi connectivity index (χ3v) is 6.02. The van der Waals surface area contributed by atoms with Gasteiger partial charge in [-0.1, -0.05) is 6.92 Å². The van der Waals surface area contributed by atoms with Gasteiger partial charge in [-0.25, -0.2) is 0 Å². The van der Waals surface area contributed by atoms with Crippen molar-refractivity contribution >= 4 is 27.2 Å². The molecule has 0 bridgehead atoms. The molecular formula is C19H25N3OS. The lowest BCUT2D eigenvalue weighted by molar-refractivity contribution is 0.140. The standard InChI is InChI=1S/C19H25N3OS/c1-3-8-21-10-6-15(7-11-21)12-23-18-16-5-4-9-22(16)17-14(2)13-24-19(17)20-18/h4-5,9,13,15H,3,6-8,10-12H2,1-2H3. The minimum atomic E-state index is 0.649. The molecule has 0 radical (unpaired) electrons. The number of ether oxygens (including phenoxy) is 1. The molecule has 1 fully saturated rings. The van der Waals surface area contributed by atoms with Crippen molar-refractivity contribution in [3.05, 3.63) is 29.3 Å². The van der Waals surface area contributed by atoms with Crippen molar-refractivity contribution in [1.29, 1.82) is 0 Å². The van der Waals surface area contributed by atoms with Gasteiger partial charge >= 0.3 is 0 Å². The number of hydrogen-bond donors (Lipinski definition) is 0. The Balaban J connectivity index is 1.49. The maximum atomic E-state index is 6.19. The number of likely N-dealkylation sites (tertiary alicyclic amines) is 1. The quantitative estimate of drug-likeness (QED) is 0.689. The van der Waals surface area contributed by atoms with E-state index in [1.807, 2.05) is 0 Å². The van der Waals surface area contributed by atoms with E-state index in [1.165, 1.54) is 50.0 Å². The highest BCUT2D eigenvalue weighted by Crippen LogP contribution is 2.30. The largest absolute Gasteiger partial charge is 0.476 e. The van der Waals surface area contributed by atoms with Gasteiger partial charge in [0.15, 0.2) is 0 Å². The molecule has 5 heteroatoms. The van der Waals surface area contributed by atoms with Gasteiger partial charge in [0, 0.05) is 6.20 Å². The molecule has 1 saturated heterocycles. The van der Waals surface area contributed by atoms with E-state index in [9.17, 15) is 0 Å². The Morgan fingerprint density at radius 3 is 2.96 bits per heavy atom. The molecule has 0 saturated carbocycles. The van der Waals surface area contributed by atoms with E-state index in [-0.39, 0.29) is 0 Å². The first-order chi connectivity index (χ1) is 11.8. The molecular weight excluding hydrogens is 318 g/mol. The number of hydrogen-bond acceptors (Lipinski definition) is 4. The molecule has 0 spiro atoms. The Labute approximate surface area is 147 Å². The van der Waals surface area contributed by atoms with Gasteiger partial charge in [0.1, 0.15) is 10.3 Å². The van der Waals surface area contributed by atoms with E-state index < -0.39 is 0 Å². The summed E-state index contributed by atoms with van der Waals surface area (Å²) in [6.45, 7) is 8.83. The zero-order valence-electron chi connectivity index (χ0n) is 14.5. The SMILES string of the molecule is CCCN1CCC(COc2nc3scc(C)c3n3cccc23)CC1. The predicted octanol–water partition coefficient (Wildman–Crippen LogP) is 4.36. The number of piperidine rings is 1. The number of aryl methyl sites for hydroxylation is 1. The Morgan fingerprint density at radius 2 is 2.17 bits per heavy atom. The second-order valence-electron chi connectivity index (χ2n) is 6.85. The van der Waals surface area contributed by atoms with Crippen LogP contribution in [0.15, 0.2) is 23.7 Å². The number of nitrogens with zero attached hydrogens (tertiary/aromatic N) is 3. The fourth-order valence-electron chi connectivity index (χ4n) is 3.69. The zero-order valence-corrected chi connectivity index (χ0v) is 15.3. The summed E-state index contributed by atoms with van der Waals surface area (Å²) in [5.41, 5.74) is 3.56. The van der Waals surface area contributed by atoms with E-state index in [2.05, 4.69) is 46.9 Å². The predicted molar refractivity (Wildman–Crippen MR) is 100 cm³/mol. The lowest BCUT2D eigenvalue weighted by Crippen LogP contribution is -2.35. The molecule has 1 aliphatic heterocycles. The normalized spacial score (nSPS) is 17.1. The highest BCUT2D eigenvalue weighted by atomic mass is 32.1. The number of thiophene rings is 1. The van der Waals surface area contributed by atoms with Crippen LogP contribution in [-0.2, 0) is 0 Å². The Bertz CT molecular complexity index is 830. The van der Waals surface area contributed by atoms with Gasteiger partial charge < -0.3 is 14.0 Å². The van der Waals surface area contributed by atoms with Crippen LogP contribution in [0.5, 0.6) is 5.88 Å². The molecule has 1 aliphatic rings. The summed E-state index contributed by atoms with van der Waals surface area (Å²) in [7, 11) is 0. The topological polar surface area (TPSA) is 29.8 Å². The van der Waals surface area contributed by atoms with Crippen LogP contribution in [0.4, 0.5) is 0 Å². The van der Waals surface area contributed by atoms with Crippen molar-refractivity contribution in [3.63, 3.8) is 0 Å². The molecule has 4 rings (SSSR count). The van der Waals surface area contributed by atoms with Gasteiger partial charge in [-0.2, -0.15) is 4.98 Å². The van der Waals surface area contributed by atoms with Crippen LogP contribution >= 0.6 is 11.3 Å². The Kier molecular flexibility index (Phi) is 4.46. The second-order valence-corrected chi connectivity index (χ2v) is 7.71. The van der Waals surface area contributed by atoms with Crippen LogP contribution in [0.25, 0.3) is 15.9 Å². The first kappa shape index (κ1) is 15.9. The van der Waals surface area contributed by atoms with Crippen LogP contribution in [-0.4, -0.2) is 40.5 Å². The van der Waals surface area contributed by atoms with Crippen LogP contribution in [0.3, 0.4) is 0 Å². The highest BCUT2D eigenvalue weighted by molar-refractivity contribution is 7.16. The maximum Gasteiger partial charge on any atom is 0.239 e. The lowest BCUT2D eigenvalue weighted by Gasteiger charge is -2.31. The molecule has 3 aromatic rings. The average Bonchev–Trinajstić information content (AvgIpc) is 3.21. The van der Waals surface area contributed by atoms with Gasteiger partial charge in [-0.15, -0.1) is 11.3 Å². The van der Waals surface area contributed by atoms with Crippen LogP contribution in [0.1, 0.15) is 31.7 Å². The average molecular weight is 343 g/mol. The molecule has 0 unspecified atom stereocenters. The third kappa shape index (κ3) is 2.91. The molecule has 128 valence electrons. The van der Waals surface area contributed by atoms with Gasteiger partial charge in [0.2, 0.25) is 5.88 Å². The monoisotopic (exact) mass is 343 g/mol. The molecule has 4 nitrogen and oxygen atoms in total. The summed E-state index contributed by atoms with van der Waals surface area (Å²) in [6, 6.07) is 4.17. The van der Waals surface area contributed by atoms with Crippen molar-refractivity contribution < 1.29 is 4.74 Å². The zero-order chi connectivity index (χ0) is 16.5. The fourth-order valence-corrected chi connectivity index (χ4v) is 4.60. The van der Waals surface area contributed by atoms with E-state index in [4.69, 9.17) is 9.72 Å².